The summed E-state index contributed by atoms with van der Waals surface area (Å²) >= 11 is 0. The molecule has 1 amide bonds. The van der Waals surface area contributed by atoms with E-state index in [1.54, 1.807) is 25.1 Å². The van der Waals surface area contributed by atoms with Gasteiger partial charge >= 0.3 is 12.1 Å². The van der Waals surface area contributed by atoms with Crippen molar-refractivity contribution in [3.63, 3.8) is 0 Å². The number of carbonyl (C=O) groups excluding carboxylic acids is 1. The topological polar surface area (TPSA) is 167 Å². The number of para-hydroxylation sites is 1. The molecule has 3 aromatic carbocycles. The minimum Gasteiger partial charge on any atom is -0.475 e. The van der Waals surface area contributed by atoms with E-state index in [0.717, 1.165) is 28.8 Å². The third kappa shape index (κ3) is 8.38. The number of pyridine rings is 1. The predicted molar refractivity (Wildman–Crippen MR) is 165 cm³/mol. The summed E-state index contributed by atoms with van der Waals surface area (Å²) in [6.45, 7) is 0.776. The number of carboxylic acids is 1. The largest absolute Gasteiger partial charge is 0.490 e. The normalized spacial score (nSPS) is 11.2. The highest BCUT2D eigenvalue weighted by atomic mass is 19.4. The number of hydrogen-bond donors (Lipinski definition) is 5. The van der Waals surface area contributed by atoms with Crippen LogP contribution in [-0.4, -0.2) is 67.2 Å². The number of fused-ring (bicyclic) bond motifs is 1. The van der Waals surface area contributed by atoms with E-state index in [1.165, 1.54) is 30.3 Å². The molecule has 0 unspecified atom stereocenters. The summed E-state index contributed by atoms with van der Waals surface area (Å²) in [7, 11) is 0. The van der Waals surface area contributed by atoms with Crippen LogP contribution in [0.25, 0.3) is 28.0 Å². The fourth-order valence-corrected chi connectivity index (χ4v) is 4.39. The predicted octanol–water partition coefficient (Wildman–Crippen LogP) is 4.82. The van der Waals surface area contributed by atoms with Crippen molar-refractivity contribution in [3.05, 3.63) is 112 Å². The maximum atomic E-state index is 14.9. The Morgan fingerprint density at radius 3 is 2.08 bits per heavy atom. The number of aliphatic hydroxyl groups excluding tert-OH is 2. The highest BCUT2D eigenvalue weighted by Gasteiger charge is 2.38. The van der Waals surface area contributed by atoms with Gasteiger partial charge in [0.25, 0.3) is 11.5 Å². The quantitative estimate of drug-likeness (QED) is 0.144. The third-order valence-corrected chi connectivity index (χ3v) is 6.78. The molecule has 2 aromatic heterocycles. The van der Waals surface area contributed by atoms with E-state index < -0.39 is 66.0 Å². The summed E-state index contributed by atoms with van der Waals surface area (Å²) in [4.78, 5) is 43.9. The number of halogens is 6. The molecule has 0 radical (unpaired) electrons. The number of aryl methyl sites for hydroxylation is 1. The zero-order chi connectivity index (χ0) is 36.0. The fraction of sp³-hybridized carbons (Fsp3) is 0.156. The standard InChI is InChI=1S/C30H24F3N5O4.C2HF3O2/c1-16-5-6-17(29(42)34-19-9-7-18(31)8-10-19)13-22(16)26-21-11-12-25(41)38(27-23(32)3-2-4-24(27)33)28(21)37-30(36-26)35-20(14-39)15-40;3-2(4,5)1(6)7/h2-13,20,39-40H,14-15H2,1H3,(H,34,42)(H,35,36,37);(H,6,7). The molecule has 0 spiro atoms. The minimum absolute atomic E-state index is 0.151. The number of aromatic nitrogens is 3. The summed E-state index contributed by atoms with van der Waals surface area (Å²) in [5.41, 5.74) is 0.318. The van der Waals surface area contributed by atoms with E-state index in [4.69, 9.17) is 9.90 Å². The lowest BCUT2D eigenvalue weighted by atomic mass is 9.99. The van der Waals surface area contributed by atoms with Crippen molar-refractivity contribution < 1.29 is 51.3 Å². The maximum Gasteiger partial charge on any atom is 0.490 e. The van der Waals surface area contributed by atoms with E-state index in [2.05, 4.69) is 20.6 Å². The van der Waals surface area contributed by atoms with Gasteiger partial charge < -0.3 is 26.0 Å². The molecule has 0 fully saturated rings. The zero-order valence-electron chi connectivity index (χ0n) is 25.1. The summed E-state index contributed by atoms with van der Waals surface area (Å²) in [5.74, 6) is -5.86. The van der Waals surface area contributed by atoms with Crippen LogP contribution in [0.15, 0.2) is 77.6 Å². The number of alkyl halides is 3. The molecule has 5 N–H and O–H groups in total. The summed E-state index contributed by atoms with van der Waals surface area (Å²) in [6, 6.07) is 14.9. The Kier molecular flexibility index (Phi) is 11.0. The van der Waals surface area contributed by atoms with Gasteiger partial charge in [-0.15, -0.1) is 0 Å². The monoisotopic (exact) mass is 689 g/mol. The Balaban J connectivity index is 0.000000698. The first kappa shape index (κ1) is 36.0. The van der Waals surface area contributed by atoms with E-state index in [9.17, 15) is 46.1 Å². The van der Waals surface area contributed by atoms with Crippen molar-refractivity contribution in [2.45, 2.75) is 19.1 Å². The summed E-state index contributed by atoms with van der Waals surface area (Å²) in [5, 5.41) is 32.0. The molecule has 0 aliphatic rings. The SMILES string of the molecule is Cc1ccc(C(=O)Nc2ccc(F)cc2)cc1-c1nc(NC(CO)CO)nc2c1ccc(=O)n2-c1c(F)cccc1F.O=C(O)C(F)(F)F. The maximum absolute atomic E-state index is 14.9. The number of amides is 1. The van der Waals surface area contributed by atoms with E-state index in [-0.39, 0.29) is 28.2 Å². The molecule has 0 saturated carbocycles. The number of benzene rings is 3. The molecule has 49 heavy (non-hydrogen) atoms. The second-order valence-electron chi connectivity index (χ2n) is 10.2. The van der Waals surface area contributed by atoms with Crippen molar-refractivity contribution in [1.29, 1.82) is 0 Å². The Hall–Kier alpha value is -5.81. The number of nitrogens with zero attached hydrogens (tertiary/aromatic N) is 3. The van der Waals surface area contributed by atoms with Crippen LogP contribution in [-0.2, 0) is 4.79 Å². The Labute approximate surface area is 272 Å². The van der Waals surface area contributed by atoms with Gasteiger partial charge in [-0.25, -0.2) is 22.9 Å². The Morgan fingerprint density at radius 1 is 0.898 bits per heavy atom. The zero-order valence-corrected chi connectivity index (χ0v) is 25.1. The Morgan fingerprint density at radius 2 is 1.51 bits per heavy atom. The van der Waals surface area contributed by atoms with Crippen LogP contribution in [0.4, 0.5) is 38.0 Å². The van der Waals surface area contributed by atoms with Crippen LogP contribution in [0.5, 0.6) is 0 Å². The second-order valence-corrected chi connectivity index (χ2v) is 10.2. The molecule has 0 saturated heterocycles. The number of anilines is 2. The molecular formula is C32H25F6N5O6. The fourth-order valence-electron chi connectivity index (χ4n) is 4.39. The first-order valence-electron chi connectivity index (χ1n) is 14.0. The van der Waals surface area contributed by atoms with Crippen molar-refractivity contribution >= 4 is 34.5 Å². The first-order valence-corrected chi connectivity index (χ1v) is 14.0. The number of nitrogens with one attached hydrogen (secondary N) is 2. The smallest absolute Gasteiger partial charge is 0.475 e. The van der Waals surface area contributed by atoms with Gasteiger partial charge in [-0.05, 0) is 67.1 Å². The highest BCUT2D eigenvalue weighted by molar-refractivity contribution is 6.05. The van der Waals surface area contributed by atoms with Crippen LogP contribution >= 0.6 is 0 Å². The van der Waals surface area contributed by atoms with Crippen LogP contribution in [0, 0.1) is 24.4 Å². The minimum atomic E-state index is -5.08. The van der Waals surface area contributed by atoms with Gasteiger partial charge in [-0.3, -0.25) is 14.2 Å². The van der Waals surface area contributed by atoms with Crippen LogP contribution in [0.3, 0.4) is 0 Å². The van der Waals surface area contributed by atoms with Crippen molar-refractivity contribution in [2.24, 2.45) is 0 Å². The lowest BCUT2D eigenvalue weighted by molar-refractivity contribution is -0.192. The van der Waals surface area contributed by atoms with E-state index in [1.807, 2.05) is 0 Å². The number of carbonyl (C=O) groups is 2. The highest BCUT2D eigenvalue weighted by Crippen LogP contribution is 2.32. The molecule has 11 nitrogen and oxygen atoms in total. The molecule has 0 atom stereocenters. The van der Waals surface area contributed by atoms with Crippen LogP contribution in [0.1, 0.15) is 15.9 Å². The van der Waals surface area contributed by atoms with Crippen molar-refractivity contribution in [3.8, 4) is 16.9 Å². The number of carboxylic acid groups (broad SMARTS) is 1. The molecule has 17 heteroatoms. The lowest BCUT2D eigenvalue weighted by Gasteiger charge is -2.18. The number of rotatable bonds is 8. The van der Waals surface area contributed by atoms with Gasteiger partial charge in [0.05, 0.1) is 24.9 Å². The van der Waals surface area contributed by atoms with Crippen LogP contribution < -0.4 is 16.2 Å². The molecule has 5 aromatic rings. The second kappa shape index (κ2) is 15.0. The van der Waals surface area contributed by atoms with E-state index >= 15 is 0 Å². The van der Waals surface area contributed by atoms with Gasteiger partial charge in [0.1, 0.15) is 23.1 Å². The molecule has 256 valence electrons. The Bertz CT molecular complexity index is 2050. The average molecular weight is 690 g/mol. The number of aliphatic hydroxyl groups is 2. The summed E-state index contributed by atoms with van der Waals surface area (Å²) in [6.07, 6.45) is -5.08. The van der Waals surface area contributed by atoms with Gasteiger partial charge in [-0.2, -0.15) is 18.2 Å². The molecule has 0 bridgehead atoms. The van der Waals surface area contributed by atoms with Gasteiger partial charge in [-0.1, -0.05) is 12.1 Å². The van der Waals surface area contributed by atoms with E-state index in [0.29, 0.717) is 16.8 Å². The van der Waals surface area contributed by atoms with Crippen molar-refractivity contribution in [1.82, 2.24) is 14.5 Å². The van der Waals surface area contributed by atoms with Gasteiger partial charge in [0.15, 0.2) is 5.65 Å². The molecule has 0 aliphatic heterocycles. The molecule has 2 heterocycles. The van der Waals surface area contributed by atoms with Crippen LogP contribution in [0.2, 0.25) is 0 Å². The molecule has 0 aliphatic carbocycles. The van der Waals surface area contributed by atoms with Gasteiger partial charge in [0, 0.05) is 28.3 Å². The third-order valence-electron chi connectivity index (χ3n) is 6.78. The van der Waals surface area contributed by atoms with Crippen molar-refractivity contribution in [2.75, 3.05) is 23.8 Å². The summed E-state index contributed by atoms with van der Waals surface area (Å²) < 4.78 is 75.6. The molecule has 5 rings (SSSR count). The number of aliphatic carboxylic acids is 1. The van der Waals surface area contributed by atoms with Gasteiger partial charge in [0.2, 0.25) is 5.95 Å². The number of hydrogen-bond acceptors (Lipinski definition) is 8. The average Bonchev–Trinajstić information content (AvgIpc) is 3.05. The molecular weight excluding hydrogens is 664 g/mol. The first-order chi connectivity index (χ1) is 23.1. The lowest BCUT2D eigenvalue weighted by Crippen LogP contribution is -2.29.